The van der Waals surface area contributed by atoms with Gasteiger partial charge in [0, 0.05) is 28.2 Å². The Morgan fingerprint density at radius 1 is 1.17 bits per heavy atom. The Hall–Kier alpha value is -2.69. The third kappa shape index (κ3) is 2.48. The topological polar surface area (TPSA) is 123 Å². The summed E-state index contributed by atoms with van der Waals surface area (Å²) in [5, 5.41) is 13.8. The molecule has 0 radical (unpaired) electrons. The van der Waals surface area contributed by atoms with Gasteiger partial charge in [-0.3, -0.25) is 24.6 Å². The number of nitrogens with zero attached hydrogens (tertiary/aromatic N) is 5. The minimum atomic E-state index is -2.53. The summed E-state index contributed by atoms with van der Waals surface area (Å²) in [6, 6.07) is -1.94. The number of imide groups is 2. The van der Waals surface area contributed by atoms with Crippen LogP contribution in [0, 0.1) is 0 Å². The van der Waals surface area contributed by atoms with E-state index in [2.05, 4.69) is 9.99 Å². The third-order valence-corrected chi connectivity index (χ3v) is 3.44. The molecule has 1 N–H and O–H groups in total. The molecule has 1 saturated heterocycles. The van der Waals surface area contributed by atoms with Crippen LogP contribution in [-0.2, 0) is 14.4 Å². The highest BCUT2D eigenvalue weighted by Crippen LogP contribution is 2.28. The van der Waals surface area contributed by atoms with Gasteiger partial charge in [-0.2, -0.15) is 5.06 Å². The van der Waals surface area contributed by atoms with E-state index in [1.54, 1.807) is 0 Å². The summed E-state index contributed by atoms with van der Waals surface area (Å²) < 4.78 is 0. The number of amides is 6. The van der Waals surface area contributed by atoms with Gasteiger partial charge in [0.15, 0.2) is 0 Å². The molecule has 11 heteroatoms. The molecule has 0 aromatic heterocycles. The van der Waals surface area contributed by atoms with Crippen molar-refractivity contribution in [2.24, 2.45) is 5.16 Å². The lowest BCUT2D eigenvalue weighted by molar-refractivity contribution is -0.175. The van der Waals surface area contributed by atoms with Gasteiger partial charge in [-0.05, 0) is 6.92 Å². The molecule has 0 saturated carbocycles. The lowest BCUT2D eigenvalue weighted by atomic mass is 9.88. The van der Waals surface area contributed by atoms with Crippen LogP contribution >= 0.6 is 0 Å². The molecule has 0 unspecified atom stereocenters. The molecule has 11 nitrogen and oxygen atoms in total. The molecular formula is C12H19N5O6. The number of carbonyl (C=O) groups excluding carboxylic acids is 4. The van der Waals surface area contributed by atoms with Gasteiger partial charge < -0.3 is 9.74 Å². The van der Waals surface area contributed by atoms with Crippen LogP contribution in [0.1, 0.15) is 6.92 Å². The van der Waals surface area contributed by atoms with Gasteiger partial charge in [0.2, 0.25) is 0 Å². The first kappa shape index (κ1) is 18.4. The van der Waals surface area contributed by atoms with E-state index in [1.807, 2.05) is 0 Å². The van der Waals surface area contributed by atoms with E-state index in [-0.39, 0.29) is 10.8 Å². The highest BCUT2D eigenvalue weighted by atomic mass is 16.6. The number of hydroxylamine groups is 2. The molecule has 0 atom stereocenters. The van der Waals surface area contributed by atoms with Gasteiger partial charge in [0.05, 0.1) is 0 Å². The Morgan fingerprint density at radius 2 is 1.61 bits per heavy atom. The molecule has 1 aliphatic heterocycles. The SMILES string of the molecule is CO/N=C(\C)C1(N(O)C(=O)N(C)C)C(=O)N(C)C(=O)N(C)C1=O. The Kier molecular flexibility index (Phi) is 4.95. The van der Waals surface area contributed by atoms with E-state index in [0.717, 1.165) is 19.0 Å². The van der Waals surface area contributed by atoms with Gasteiger partial charge in [0.1, 0.15) is 12.8 Å². The lowest BCUT2D eigenvalue weighted by Gasteiger charge is -2.44. The second-order valence-electron chi connectivity index (χ2n) is 5.07. The molecular weight excluding hydrogens is 310 g/mol. The first-order valence-corrected chi connectivity index (χ1v) is 6.44. The molecule has 0 spiro atoms. The molecule has 0 bridgehead atoms. The van der Waals surface area contributed by atoms with Gasteiger partial charge in [-0.25, -0.2) is 9.59 Å². The fourth-order valence-corrected chi connectivity index (χ4v) is 2.16. The smallest absolute Gasteiger partial charge is 0.345 e. The van der Waals surface area contributed by atoms with Crippen LogP contribution in [0.5, 0.6) is 0 Å². The number of hydrogen-bond acceptors (Lipinski definition) is 7. The fourth-order valence-electron chi connectivity index (χ4n) is 2.16. The number of barbiturate groups is 1. The van der Waals surface area contributed by atoms with E-state index in [9.17, 15) is 24.4 Å². The van der Waals surface area contributed by atoms with Gasteiger partial charge in [-0.15, -0.1) is 0 Å². The highest BCUT2D eigenvalue weighted by molar-refractivity contribution is 6.36. The van der Waals surface area contributed by atoms with Crippen molar-refractivity contribution in [3.05, 3.63) is 0 Å². The largest absolute Gasteiger partial charge is 0.399 e. The average molecular weight is 329 g/mol. The summed E-state index contributed by atoms with van der Waals surface area (Å²) >= 11 is 0. The van der Waals surface area contributed by atoms with Crippen molar-refractivity contribution in [3.63, 3.8) is 0 Å². The standard InChI is InChI=1S/C12H19N5O6/c1-7(13-23-6)12(17(22)10(20)14(2)3)8(18)15(4)11(21)16(5)9(12)19/h22H,1-6H3/b13-7+. The lowest BCUT2D eigenvalue weighted by Crippen LogP contribution is -2.76. The number of rotatable bonds is 3. The number of urea groups is 2. The summed E-state index contributed by atoms with van der Waals surface area (Å²) in [6.07, 6.45) is 0. The van der Waals surface area contributed by atoms with Crippen molar-refractivity contribution in [1.82, 2.24) is 19.8 Å². The Bertz CT molecular complexity index is 562. The highest BCUT2D eigenvalue weighted by Gasteiger charge is 2.64. The van der Waals surface area contributed by atoms with E-state index >= 15 is 0 Å². The zero-order chi connectivity index (χ0) is 18.1. The first-order chi connectivity index (χ1) is 10.5. The molecule has 1 heterocycles. The van der Waals surface area contributed by atoms with Crippen LogP contribution in [-0.4, -0.2) is 95.4 Å². The summed E-state index contributed by atoms with van der Waals surface area (Å²) in [5.41, 5.74) is -2.84. The van der Waals surface area contributed by atoms with Crippen molar-refractivity contribution in [2.75, 3.05) is 35.3 Å². The number of likely N-dealkylation sites (N-methyl/N-ethyl adjacent to an activating group) is 2. The fraction of sp³-hybridized carbons (Fsp3) is 0.583. The number of oxime groups is 1. The van der Waals surface area contributed by atoms with Crippen LogP contribution in [0.4, 0.5) is 9.59 Å². The Morgan fingerprint density at radius 3 is 1.96 bits per heavy atom. The Labute approximate surface area is 132 Å². The van der Waals surface area contributed by atoms with E-state index < -0.39 is 29.4 Å². The summed E-state index contributed by atoms with van der Waals surface area (Å²) in [4.78, 5) is 56.0. The Balaban J connectivity index is 3.67. The van der Waals surface area contributed by atoms with Crippen molar-refractivity contribution in [2.45, 2.75) is 12.5 Å². The zero-order valence-corrected chi connectivity index (χ0v) is 13.7. The minimum Gasteiger partial charge on any atom is -0.399 e. The van der Waals surface area contributed by atoms with Crippen molar-refractivity contribution in [1.29, 1.82) is 0 Å². The van der Waals surface area contributed by atoms with Crippen LogP contribution in [0.3, 0.4) is 0 Å². The molecule has 0 aliphatic carbocycles. The van der Waals surface area contributed by atoms with Gasteiger partial charge in [0.25, 0.3) is 17.4 Å². The zero-order valence-electron chi connectivity index (χ0n) is 13.7. The summed E-state index contributed by atoms with van der Waals surface area (Å²) in [5.74, 6) is -2.25. The number of hydrogen-bond donors (Lipinski definition) is 1. The normalized spacial score (nSPS) is 18.2. The van der Waals surface area contributed by atoms with E-state index in [1.165, 1.54) is 28.1 Å². The molecule has 0 aromatic rings. The maximum Gasteiger partial charge on any atom is 0.345 e. The predicted octanol–water partition coefficient (Wildman–Crippen LogP) is -0.829. The van der Waals surface area contributed by atoms with Crippen LogP contribution in [0.25, 0.3) is 0 Å². The van der Waals surface area contributed by atoms with E-state index in [0.29, 0.717) is 9.80 Å². The number of carbonyl (C=O) groups is 4. The van der Waals surface area contributed by atoms with E-state index in [4.69, 9.17) is 0 Å². The quantitative estimate of drug-likeness (QED) is 0.312. The second-order valence-corrected chi connectivity index (χ2v) is 5.07. The van der Waals surface area contributed by atoms with Crippen LogP contribution in [0.15, 0.2) is 5.16 Å². The maximum atomic E-state index is 12.6. The van der Waals surface area contributed by atoms with Gasteiger partial charge in [-0.1, -0.05) is 5.16 Å². The molecule has 23 heavy (non-hydrogen) atoms. The molecule has 1 rings (SSSR count). The minimum absolute atomic E-state index is 0.0467. The summed E-state index contributed by atoms with van der Waals surface area (Å²) in [7, 11) is 6.05. The monoisotopic (exact) mass is 329 g/mol. The van der Waals surface area contributed by atoms with Crippen LogP contribution < -0.4 is 0 Å². The molecule has 1 aliphatic rings. The first-order valence-electron chi connectivity index (χ1n) is 6.44. The maximum absolute atomic E-state index is 12.6. The summed E-state index contributed by atoms with van der Waals surface area (Å²) in [6.45, 7) is 1.23. The second kappa shape index (κ2) is 6.20. The van der Waals surface area contributed by atoms with Gasteiger partial charge >= 0.3 is 12.1 Å². The molecule has 1 fully saturated rings. The van der Waals surface area contributed by atoms with Crippen molar-refractivity contribution in [3.8, 4) is 0 Å². The van der Waals surface area contributed by atoms with Crippen molar-refractivity contribution >= 4 is 29.6 Å². The third-order valence-electron chi connectivity index (χ3n) is 3.44. The molecule has 6 amide bonds. The molecule has 128 valence electrons. The van der Waals surface area contributed by atoms with Crippen LogP contribution in [0.2, 0.25) is 0 Å². The predicted molar refractivity (Wildman–Crippen MR) is 76.5 cm³/mol. The van der Waals surface area contributed by atoms with Crippen molar-refractivity contribution < 1.29 is 29.2 Å². The average Bonchev–Trinajstić information content (AvgIpc) is 2.50. The molecule has 0 aromatic carbocycles.